The van der Waals surface area contributed by atoms with Gasteiger partial charge in [-0.1, -0.05) is 17.2 Å². The Bertz CT molecular complexity index is 417. The van der Waals surface area contributed by atoms with Gasteiger partial charge in [0.1, 0.15) is 5.75 Å². The number of methoxy groups -OCH3 is 1. The molecular weight excluding hydrogens is 250 g/mol. The van der Waals surface area contributed by atoms with Crippen molar-refractivity contribution in [1.29, 1.82) is 0 Å². The molecule has 2 atom stereocenters. The summed E-state index contributed by atoms with van der Waals surface area (Å²) in [6, 6.07) is 6.43. The SMILES string of the molecule is COc1ccc(COC[C@@H](O)[C@H](CO)N=[N+]=[N-])cc1. The lowest BCUT2D eigenvalue weighted by Gasteiger charge is -2.16. The maximum Gasteiger partial charge on any atom is 0.118 e. The Hall–Kier alpha value is -1.79. The van der Waals surface area contributed by atoms with Gasteiger partial charge in [-0.05, 0) is 23.2 Å². The van der Waals surface area contributed by atoms with Crippen LogP contribution >= 0.6 is 0 Å². The van der Waals surface area contributed by atoms with Crippen molar-refractivity contribution in [2.75, 3.05) is 20.3 Å². The molecule has 1 aromatic rings. The van der Waals surface area contributed by atoms with Gasteiger partial charge in [0.25, 0.3) is 0 Å². The third-order valence-electron chi connectivity index (χ3n) is 2.55. The molecule has 0 amide bonds. The van der Waals surface area contributed by atoms with Crippen LogP contribution in [0.15, 0.2) is 29.4 Å². The third-order valence-corrected chi connectivity index (χ3v) is 2.55. The zero-order chi connectivity index (χ0) is 14.1. The molecule has 0 spiro atoms. The lowest BCUT2D eigenvalue weighted by atomic mass is 10.2. The van der Waals surface area contributed by atoms with E-state index in [1.165, 1.54) is 0 Å². The third kappa shape index (κ3) is 5.15. The van der Waals surface area contributed by atoms with Crippen molar-refractivity contribution in [3.8, 4) is 5.75 Å². The van der Waals surface area contributed by atoms with Crippen LogP contribution in [0.4, 0.5) is 0 Å². The summed E-state index contributed by atoms with van der Waals surface area (Å²) in [5, 5.41) is 21.8. The number of benzene rings is 1. The first-order valence-electron chi connectivity index (χ1n) is 5.75. The number of hydrogen-bond donors (Lipinski definition) is 2. The van der Waals surface area contributed by atoms with Gasteiger partial charge in [-0.15, -0.1) is 0 Å². The largest absolute Gasteiger partial charge is 0.497 e. The number of aliphatic hydroxyl groups excluding tert-OH is 2. The van der Waals surface area contributed by atoms with Crippen molar-refractivity contribution in [2.45, 2.75) is 18.8 Å². The molecule has 0 saturated carbocycles. The maximum atomic E-state index is 9.63. The van der Waals surface area contributed by atoms with E-state index in [1.807, 2.05) is 24.3 Å². The van der Waals surface area contributed by atoms with Crippen LogP contribution in [-0.4, -0.2) is 42.7 Å². The van der Waals surface area contributed by atoms with Crippen LogP contribution in [0.5, 0.6) is 5.75 Å². The summed E-state index contributed by atoms with van der Waals surface area (Å²) in [5.74, 6) is 0.757. The topological polar surface area (TPSA) is 108 Å². The second-order valence-electron chi connectivity index (χ2n) is 3.89. The van der Waals surface area contributed by atoms with Crippen LogP contribution in [0.2, 0.25) is 0 Å². The minimum Gasteiger partial charge on any atom is -0.497 e. The summed E-state index contributed by atoms with van der Waals surface area (Å²) >= 11 is 0. The van der Waals surface area contributed by atoms with Gasteiger partial charge >= 0.3 is 0 Å². The fourth-order valence-electron chi connectivity index (χ4n) is 1.43. The summed E-state index contributed by atoms with van der Waals surface area (Å²) in [4.78, 5) is 2.55. The van der Waals surface area contributed by atoms with Crippen LogP contribution in [-0.2, 0) is 11.3 Å². The molecule has 0 bridgehead atoms. The van der Waals surface area contributed by atoms with Crippen molar-refractivity contribution >= 4 is 0 Å². The first-order valence-corrected chi connectivity index (χ1v) is 5.75. The van der Waals surface area contributed by atoms with Crippen molar-refractivity contribution < 1.29 is 19.7 Å². The first-order chi connectivity index (χ1) is 9.21. The average molecular weight is 267 g/mol. The predicted molar refractivity (Wildman–Crippen MR) is 68.7 cm³/mol. The van der Waals surface area contributed by atoms with Crippen LogP contribution in [0, 0.1) is 0 Å². The molecule has 2 N–H and O–H groups in total. The summed E-state index contributed by atoms with van der Waals surface area (Å²) < 4.78 is 10.3. The molecule has 0 heterocycles. The average Bonchev–Trinajstić information content (AvgIpc) is 2.45. The normalized spacial score (nSPS) is 13.4. The summed E-state index contributed by atoms with van der Waals surface area (Å²) in [5.41, 5.74) is 9.18. The smallest absolute Gasteiger partial charge is 0.118 e. The van der Waals surface area contributed by atoms with Gasteiger partial charge in [-0.3, -0.25) is 0 Å². The van der Waals surface area contributed by atoms with Gasteiger partial charge in [0, 0.05) is 4.91 Å². The molecule has 1 rings (SSSR count). The highest BCUT2D eigenvalue weighted by molar-refractivity contribution is 5.26. The van der Waals surface area contributed by atoms with Gasteiger partial charge in [-0.25, -0.2) is 0 Å². The molecule has 104 valence electrons. The molecule has 19 heavy (non-hydrogen) atoms. The van der Waals surface area contributed by atoms with Crippen LogP contribution < -0.4 is 4.74 Å². The van der Waals surface area contributed by atoms with E-state index in [-0.39, 0.29) is 6.61 Å². The van der Waals surface area contributed by atoms with E-state index < -0.39 is 18.8 Å². The molecule has 1 aromatic carbocycles. The highest BCUT2D eigenvalue weighted by Crippen LogP contribution is 2.12. The Labute approximate surface area is 111 Å². The molecule has 0 radical (unpaired) electrons. The van der Waals surface area contributed by atoms with Crippen molar-refractivity contribution in [1.82, 2.24) is 0 Å². The number of rotatable bonds is 8. The molecule has 0 aliphatic heterocycles. The number of azide groups is 1. The maximum absolute atomic E-state index is 9.63. The Morgan fingerprint density at radius 2 is 2.05 bits per heavy atom. The minimum atomic E-state index is -1.03. The zero-order valence-corrected chi connectivity index (χ0v) is 10.6. The Kier molecular flexibility index (Phi) is 6.70. The monoisotopic (exact) mass is 267 g/mol. The fourth-order valence-corrected chi connectivity index (χ4v) is 1.43. The van der Waals surface area contributed by atoms with Crippen LogP contribution in [0.25, 0.3) is 10.4 Å². The summed E-state index contributed by atoms with van der Waals surface area (Å²) in [7, 11) is 1.59. The Balaban J connectivity index is 2.38. The van der Waals surface area contributed by atoms with Crippen LogP contribution in [0.1, 0.15) is 5.56 Å². The number of hydrogen-bond acceptors (Lipinski definition) is 5. The highest BCUT2D eigenvalue weighted by atomic mass is 16.5. The molecule has 0 saturated heterocycles. The molecule has 0 fully saturated rings. The van der Waals surface area contributed by atoms with Crippen molar-refractivity contribution in [3.63, 3.8) is 0 Å². The van der Waals surface area contributed by atoms with Crippen molar-refractivity contribution in [3.05, 3.63) is 40.3 Å². The summed E-state index contributed by atoms with van der Waals surface area (Å²) in [6.45, 7) is -0.122. The fraction of sp³-hybridized carbons (Fsp3) is 0.500. The number of ether oxygens (including phenoxy) is 2. The molecule has 0 unspecified atom stereocenters. The van der Waals surface area contributed by atoms with Gasteiger partial charge in [0.15, 0.2) is 0 Å². The van der Waals surface area contributed by atoms with E-state index in [4.69, 9.17) is 20.1 Å². The number of aliphatic hydroxyl groups is 2. The van der Waals surface area contributed by atoms with E-state index >= 15 is 0 Å². The quantitative estimate of drug-likeness (QED) is 0.419. The number of nitrogens with zero attached hydrogens (tertiary/aromatic N) is 3. The van der Waals surface area contributed by atoms with E-state index in [0.29, 0.717) is 6.61 Å². The second-order valence-corrected chi connectivity index (χ2v) is 3.89. The van der Waals surface area contributed by atoms with E-state index in [0.717, 1.165) is 11.3 Å². The predicted octanol–water partition coefficient (Wildman–Crippen LogP) is 1.24. The minimum absolute atomic E-state index is 0.0176. The molecule has 7 heteroatoms. The van der Waals surface area contributed by atoms with Gasteiger partial charge < -0.3 is 19.7 Å². The molecular formula is C12H17N3O4. The van der Waals surface area contributed by atoms with Gasteiger partial charge in [0.2, 0.25) is 0 Å². The van der Waals surface area contributed by atoms with E-state index in [1.54, 1.807) is 7.11 Å². The Morgan fingerprint density at radius 1 is 1.37 bits per heavy atom. The molecule has 0 aromatic heterocycles. The van der Waals surface area contributed by atoms with E-state index in [9.17, 15) is 5.11 Å². The Morgan fingerprint density at radius 3 is 2.58 bits per heavy atom. The molecule has 0 aliphatic carbocycles. The standard InChI is InChI=1S/C12H17N3O4/c1-18-10-4-2-9(3-5-10)7-19-8-12(17)11(6-16)14-15-13/h2-5,11-12,16-17H,6-8H2,1H3/t11-,12+/m0/s1. The highest BCUT2D eigenvalue weighted by Gasteiger charge is 2.16. The zero-order valence-electron chi connectivity index (χ0n) is 10.6. The lowest BCUT2D eigenvalue weighted by Crippen LogP contribution is -2.31. The van der Waals surface area contributed by atoms with Crippen LogP contribution in [0.3, 0.4) is 0 Å². The molecule has 7 nitrogen and oxygen atoms in total. The second kappa shape index (κ2) is 8.34. The summed E-state index contributed by atoms with van der Waals surface area (Å²) in [6.07, 6.45) is -1.03. The van der Waals surface area contributed by atoms with Gasteiger partial charge in [0.05, 0.1) is 39.1 Å². The van der Waals surface area contributed by atoms with Crippen molar-refractivity contribution in [2.24, 2.45) is 5.11 Å². The first kappa shape index (κ1) is 15.3. The molecule has 0 aliphatic rings. The lowest BCUT2D eigenvalue weighted by molar-refractivity contribution is 0.00626. The van der Waals surface area contributed by atoms with Gasteiger partial charge in [-0.2, -0.15) is 0 Å². The van der Waals surface area contributed by atoms with E-state index in [2.05, 4.69) is 10.0 Å².